The molecule has 0 bridgehead atoms. The molecule has 0 aliphatic carbocycles. The van der Waals surface area contributed by atoms with E-state index in [4.69, 9.17) is 9.90 Å². The molecule has 0 aromatic carbocycles. The molecule has 0 saturated heterocycles. The van der Waals surface area contributed by atoms with E-state index < -0.39 is 0 Å². The SMILES string of the molecule is O=CO.[Zr]. The fourth-order valence-corrected chi connectivity index (χ4v) is 0. The Morgan fingerprint density at radius 3 is 1.75 bits per heavy atom. The minimum absolute atomic E-state index is 0. The van der Waals surface area contributed by atoms with Crippen LogP contribution in [0.25, 0.3) is 0 Å². The number of carboxylic acid groups (broad SMARTS) is 1. The summed E-state index contributed by atoms with van der Waals surface area (Å²) in [5, 5.41) is 6.89. The molecule has 1 N–H and O–H groups in total. The number of hydrogen-bond donors (Lipinski definition) is 1. The molecule has 0 heterocycles. The summed E-state index contributed by atoms with van der Waals surface area (Å²) in [4.78, 5) is 8.36. The first-order valence-corrected chi connectivity index (χ1v) is 0.494. The van der Waals surface area contributed by atoms with E-state index in [1.807, 2.05) is 0 Å². The van der Waals surface area contributed by atoms with Gasteiger partial charge < -0.3 is 5.11 Å². The van der Waals surface area contributed by atoms with Gasteiger partial charge in [0, 0.05) is 26.2 Å². The summed E-state index contributed by atoms with van der Waals surface area (Å²) in [7, 11) is 0. The second kappa shape index (κ2) is 10.1. The van der Waals surface area contributed by atoms with Crippen molar-refractivity contribution in [3.05, 3.63) is 0 Å². The largest absolute Gasteiger partial charge is 0.483 e. The molecule has 3 heteroatoms. The Balaban J connectivity index is 0. The van der Waals surface area contributed by atoms with Crippen LogP contribution in [0.3, 0.4) is 0 Å². The van der Waals surface area contributed by atoms with Gasteiger partial charge in [-0.3, -0.25) is 4.79 Å². The quantitative estimate of drug-likeness (QED) is 0.465. The molecular weight excluding hydrogens is 135 g/mol. The van der Waals surface area contributed by atoms with Crippen molar-refractivity contribution in [3.63, 3.8) is 0 Å². The van der Waals surface area contributed by atoms with Gasteiger partial charge in [-0.1, -0.05) is 0 Å². The van der Waals surface area contributed by atoms with E-state index in [9.17, 15) is 0 Å². The van der Waals surface area contributed by atoms with Gasteiger partial charge in [-0.25, -0.2) is 0 Å². The topological polar surface area (TPSA) is 37.3 Å². The molecule has 0 aliphatic heterocycles. The van der Waals surface area contributed by atoms with Crippen molar-refractivity contribution < 1.29 is 36.1 Å². The van der Waals surface area contributed by atoms with Crippen LogP contribution in [-0.4, -0.2) is 11.6 Å². The van der Waals surface area contributed by atoms with E-state index in [1.165, 1.54) is 0 Å². The van der Waals surface area contributed by atoms with Crippen molar-refractivity contribution >= 4 is 6.47 Å². The Morgan fingerprint density at radius 2 is 1.75 bits per heavy atom. The van der Waals surface area contributed by atoms with Crippen molar-refractivity contribution in [3.8, 4) is 0 Å². The zero-order valence-electron chi connectivity index (χ0n) is 1.93. The molecule has 0 aromatic rings. The van der Waals surface area contributed by atoms with Gasteiger partial charge in [0.15, 0.2) is 0 Å². The van der Waals surface area contributed by atoms with Gasteiger partial charge in [0.05, 0.1) is 0 Å². The smallest absolute Gasteiger partial charge is 0.290 e. The predicted molar refractivity (Wildman–Crippen MR) is 8.69 cm³/mol. The number of rotatable bonds is 0. The number of carbonyl (C=O) groups is 1. The van der Waals surface area contributed by atoms with Gasteiger partial charge in [-0.2, -0.15) is 0 Å². The summed E-state index contributed by atoms with van der Waals surface area (Å²) in [6.07, 6.45) is 0. The Bertz CT molecular complexity index is 13.5. The van der Waals surface area contributed by atoms with E-state index >= 15 is 0 Å². The van der Waals surface area contributed by atoms with Crippen molar-refractivity contribution in [2.45, 2.75) is 0 Å². The standard InChI is InChI=1S/CH2O2.Zr/c2-1-3;/h1H,(H,2,3);. The van der Waals surface area contributed by atoms with E-state index in [1.54, 1.807) is 0 Å². The molecule has 0 spiro atoms. The van der Waals surface area contributed by atoms with Gasteiger partial charge in [0.1, 0.15) is 0 Å². The van der Waals surface area contributed by atoms with Crippen molar-refractivity contribution in [1.29, 1.82) is 0 Å². The van der Waals surface area contributed by atoms with E-state index in [0.29, 0.717) is 0 Å². The molecule has 0 saturated carbocycles. The monoisotopic (exact) mass is 136 g/mol. The second-order valence-corrected chi connectivity index (χ2v) is 0.105. The van der Waals surface area contributed by atoms with Crippen LogP contribution >= 0.6 is 0 Å². The van der Waals surface area contributed by atoms with Crippen LogP contribution in [-0.2, 0) is 31.0 Å². The predicted octanol–water partition coefficient (Wildman–Crippen LogP) is -0.302. The molecule has 0 aliphatic rings. The molecule has 0 radical (unpaired) electrons. The minimum Gasteiger partial charge on any atom is -0.483 e. The third-order valence-electron chi connectivity index (χ3n) is 0. The minimum atomic E-state index is -0.250. The van der Waals surface area contributed by atoms with E-state index in [2.05, 4.69) is 0 Å². The van der Waals surface area contributed by atoms with Crippen molar-refractivity contribution in [2.24, 2.45) is 0 Å². The fourth-order valence-electron chi connectivity index (χ4n) is 0. The Labute approximate surface area is 42.9 Å². The first kappa shape index (κ1) is 8.84. The maximum atomic E-state index is 8.36. The molecule has 0 fully saturated rings. The molecule has 0 rings (SSSR count). The second-order valence-electron chi connectivity index (χ2n) is 0.105. The van der Waals surface area contributed by atoms with Crippen molar-refractivity contribution in [1.82, 2.24) is 0 Å². The van der Waals surface area contributed by atoms with Gasteiger partial charge >= 0.3 is 0 Å². The van der Waals surface area contributed by atoms with Gasteiger partial charge in [0.2, 0.25) is 0 Å². The van der Waals surface area contributed by atoms with Crippen LogP contribution in [0, 0.1) is 0 Å². The Morgan fingerprint density at radius 1 is 1.75 bits per heavy atom. The summed E-state index contributed by atoms with van der Waals surface area (Å²) in [6, 6.07) is 0. The first-order chi connectivity index (χ1) is 1.41. The van der Waals surface area contributed by atoms with Crippen LogP contribution in [0.2, 0.25) is 0 Å². The Kier molecular flexibility index (Phi) is 22.4. The van der Waals surface area contributed by atoms with Crippen LogP contribution in [0.4, 0.5) is 0 Å². The van der Waals surface area contributed by atoms with Crippen LogP contribution < -0.4 is 0 Å². The summed E-state index contributed by atoms with van der Waals surface area (Å²) < 4.78 is 0. The molecule has 0 amide bonds. The van der Waals surface area contributed by atoms with Crippen molar-refractivity contribution in [2.75, 3.05) is 0 Å². The maximum absolute atomic E-state index is 8.36. The zero-order chi connectivity index (χ0) is 2.71. The van der Waals surface area contributed by atoms with Crippen LogP contribution in [0.5, 0.6) is 0 Å². The average Bonchev–Trinajstić information content (AvgIpc) is 0.918. The molecule has 0 atom stereocenters. The molecule has 22 valence electrons. The molecule has 2 nitrogen and oxygen atoms in total. The normalized spacial score (nSPS) is 3.00. The summed E-state index contributed by atoms with van der Waals surface area (Å²) in [6.45, 7) is -0.250. The van der Waals surface area contributed by atoms with Gasteiger partial charge in [-0.15, -0.1) is 0 Å². The van der Waals surface area contributed by atoms with Gasteiger partial charge in [0.25, 0.3) is 6.47 Å². The van der Waals surface area contributed by atoms with E-state index in [0.717, 1.165) is 0 Å². The third-order valence-corrected chi connectivity index (χ3v) is 0. The maximum Gasteiger partial charge on any atom is 0.290 e. The van der Waals surface area contributed by atoms with Crippen LogP contribution in [0.1, 0.15) is 0 Å². The molecule has 0 aromatic heterocycles. The molecule has 0 unspecified atom stereocenters. The van der Waals surface area contributed by atoms with Gasteiger partial charge in [-0.05, 0) is 0 Å². The molecule has 4 heavy (non-hydrogen) atoms. The molecular formula is CH2O2Zr. The number of hydrogen-bond acceptors (Lipinski definition) is 1. The Hall–Kier alpha value is 0.353. The summed E-state index contributed by atoms with van der Waals surface area (Å²) >= 11 is 0. The van der Waals surface area contributed by atoms with Crippen LogP contribution in [0.15, 0.2) is 0 Å². The van der Waals surface area contributed by atoms with E-state index in [-0.39, 0.29) is 32.7 Å². The fraction of sp³-hybridized carbons (Fsp3) is 0. The summed E-state index contributed by atoms with van der Waals surface area (Å²) in [5.74, 6) is 0. The summed E-state index contributed by atoms with van der Waals surface area (Å²) in [5.41, 5.74) is 0. The average molecular weight is 137 g/mol. The zero-order valence-corrected chi connectivity index (χ0v) is 4.39. The first-order valence-electron chi connectivity index (χ1n) is 0.494. The third kappa shape index (κ3) is 34.6.